The lowest BCUT2D eigenvalue weighted by Crippen LogP contribution is -2.04. The Morgan fingerprint density at radius 3 is 2.17 bits per heavy atom. The van der Waals surface area contributed by atoms with E-state index < -0.39 is 7.60 Å². The molecular formula is C21H29O6PS. The molecule has 0 heterocycles. The highest BCUT2D eigenvalue weighted by Gasteiger charge is 2.22. The maximum Gasteiger partial charge on any atom is 0.367 e. The maximum absolute atomic E-state index is 12.2. The van der Waals surface area contributed by atoms with Crippen LogP contribution < -0.4 is 9.47 Å². The first-order chi connectivity index (χ1) is 13.9. The number of hydrogen-bond acceptors (Lipinski definition) is 7. The van der Waals surface area contributed by atoms with Crippen LogP contribution in [0.4, 0.5) is 0 Å². The van der Waals surface area contributed by atoms with Crippen molar-refractivity contribution < 1.29 is 27.8 Å². The van der Waals surface area contributed by atoms with Crippen molar-refractivity contribution in [1.29, 1.82) is 0 Å². The summed E-state index contributed by atoms with van der Waals surface area (Å²) in [4.78, 5) is 1.07. The van der Waals surface area contributed by atoms with Gasteiger partial charge in [-0.3, -0.25) is 4.57 Å². The number of benzene rings is 2. The average Bonchev–Trinajstić information content (AvgIpc) is 2.73. The van der Waals surface area contributed by atoms with Crippen LogP contribution in [0.5, 0.6) is 11.5 Å². The largest absolute Gasteiger partial charge is 0.481 e. The first kappa shape index (κ1) is 23.8. The third kappa shape index (κ3) is 6.49. The molecule has 2 rings (SSSR count). The van der Waals surface area contributed by atoms with Gasteiger partial charge in [-0.05, 0) is 73.0 Å². The Hall–Kier alpha value is -1.50. The number of thioether (sulfide) groups is 1. The second-order valence-electron chi connectivity index (χ2n) is 6.50. The molecule has 160 valence electrons. The molecule has 0 saturated carbocycles. The van der Waals surface area contributed by atoms with Gasteiger partial charge in [-0.15, -0.1) is 11.8 Å². The molecule has 0 spiro atoms. The van der Waals surface area contributed by atoms with Crippen LogP contribution in [0.15, 0.2) is 35.2 Å². The monoisotopic (exact) mass is 440 g/mol. The summed E-state index contributed by atoms with van der Waals surface area (Å²) in [5.41, 5.74) is 4.64. The molecule has 2 aromatic carbocycles. The lowest BCUT2D eigenvalue weighted by molar-refractivity contribution is 0.0491. The third-order valence-electron chi connectivity index (χ3n) is 4.56. The summed E-state index contributed by atoms with van der Waals surface area (Å²) < 4.78 is 38.3. The average molecular weight is 440 g/mol. The quantitative estimate of drug-likeness (QED) is 0.263. The molecule has 0 fully saturated rings. The van der Waals surface area contributed by atoms with Crippen molar-refractivity contribution in [3.63, 3.8) is 0 Å². The summed E-state index contributed by atoms with van der Waals surface area (Å²) in [5, 5.41) is 0. The van der Waals surface area contributed by atoms with Gasteiger partial charge in [-0.25, -0.2) is 0 Å². The Morgan fingerprint density at radius 1 is 0.966 bits per heavy atom. The van der Waals surface area contributed by atoms with Crippen molar-refractivity contribution >= 4 is 19.4 Å². The van der Waals surface area contributed by atoms with Gasteiger partial charge in [-0.2, -0.15) is 0 Å². The molecule has 29 heavy (non-hydrogen) atoms. The van der Waals surface area contributed by atoms with E-state index in [1.165, 1.54) is 25.3 Å². The molecule has 0 saturated heterocycles. The molecule has 0 radical (unpaired) electrons. The molecule has 0 aliphatic heterocycles. The SMILES string of the molecule is COCOc1ccc(Cc2c(C)cc(OCP(=O)(OC)OC)cc2C)cc1SC. The first-order valence-electron chi connectivity index (χ1n) is 9.08. The first-order valence-corrected chi connectivity index (χ1v) is 12.0. The highest BCUT2D eigenvalue weighted by Crippen LogP contribution is 2.46. The standard InChI is InChI=1S/C21H29O6PS/c1-15-9-18(27-14-28(22,24-4)25-5)10-16(2)19(15)11-17-7-8-20(26-13-23-3)21(12-17)29-6/h7-10,12H,11,13-14H2,1-6H3. The molecule has 0 aliphatic rings. The van der Waals surface area contributed by atoms with Gasteiger partial charge < -0.3 is 23.3 Å². The Morgan fingerprint density at radius 2 is 1.62 bits per heavy atom. The molecule has 0 N–H and O–H groups in total. The van der Waals surface area contributed by atoms with E-state index in [-0.39, 0.29) is 13.1 Å². The molecule has 0 bridgehead atoms. The van der Waals surface area contributed by atoms with Crippen LogP contribution in [0.3, 0.4) is 0 Å². The van der Waals surface area contributed by atoms with Gasteiger partial charge in [0.05, 0.1) is 0 Å². The molecule has 0 unspecified atom stereocenters. The summed E-state index contributed by atoms with van der Waals surface area (Å²) in [6.07, 6.45) is 2.70. The molecule has 6 nitrogen and oxygen atoms in total. The topological polar surface area (TPSA) is 63.2 Å². The Kier molecular flexibility index (Phi) is 9.05. The predicted molar refractivity (Wildman–Crippen MR) is 117 cm³/mol. The van der Waals surface area contributed by atoms with Gasteiger partial charge in [0.2, 0.25) is 0 Å². The van der Waals surface area contributed by atoms with E-state index in [1.807, 2.05) is 38.3 Å². The van der Waals surface area contributed by atoms with Gasteiger partial charge >= 0.3 is 7.60 Å². The zero-order valence-corrected chi connectivity index (χ0v) is 19.5. The zero-order valence-electron chi connectivity index (χ0n) is 17.8. The lowest BCUT2D eigenvalue weighted by atomic mass is 9.96. The normalized spacial score (nSPS) is 11.5. The van der Waals surface area contributed by atoms with E-state index in [4.69, 9.17) is 23.3 Å². The summed E-state index contributed by atoms with van der Waals surface area (Å²) in [6, 6.07) is 10.1. The molecule has 0 atom stereocenters. The lowest BCUT2D eigenvalue weighted by Gasteiger charge is -2.17. The number of methoxy groups -OCH3 is 1. The predicted octanol–water partition coefficient (Wildman–Crippen LogP) is 5.42. The third-order valence-corrected chi connectivity index (χ3v) is 6.87. The fourth-order valence-corrected chi connectivity index (χ4v) is 4.18. The second-order valence-corrected chi connectivity index (χ2v) is 9.56. The van der Waals surface area contributed by atoms with Gasteiger partial charge in [0.1, 0.15) is 11.5 Å². The van der Waals surface area contributed by atoms with Crippen molar-refractivity contribution in [3.05, 3.63) is 52.6 Å². The molecule has 0 aliphatic carbocycles. The van der Waals surface area contributed by atoms with Crippen LogP contribution >= 0.6 is 19.4 Å². The Labute approximate surface area is 177 Å². The van der Waals surface area contributed by atoms with E-state index >= 15 is 0 Å². The van der Waals surface area contributed by atoms with Gasteiger partial charge in [0, 0.05) is 26.2 Å². The maximum atomic E-state index is 12.2. The fourth-order valence-electron chi connectivity index (χ4n) is 2.92. The smallest absolute Gasteiger partial charge is 0.367 e. The van der Waals surface area contributed by atoms with Crippen LogP contribution in [-0.2, 0) is 24.8 Å². The van der Waals surface area contributed by atoms with Crippen LogP contribution in [-0.4, -0.2) is 40.7 Å². The fraction of sp³-hybridized carbons (Fsp3) is 0.429. The number of ether oxygens (including phenoxy) is 3. The minimum absolute atomic E-state index is 0.127. The summed E-state index contributed by atoms with van der Waals surface area (Å²) in [7, 11) is 1.09. The van der Waals surface area contributed by atoms with E-state index in [9.17, 15) is 4.57 Å². The summed E-state index contributed by atoms with van der Waals surface area (Å²) in [5.74, 6) is 1.46. The van der Waals surface area contributed by atoms with Crippen LogP contribution in [0.1, 0.15) is 22.3 Å². The van der Waals surface area contributed by atoms with E-state index in [0.29, 0.717) is 5.75 Å². The van der Waals surface area contributed by atoms with Gasteiger partial charge in [0.15, 0.2) is 13.1 Å². The second kappa shape index (κ2) is 11.0. The van der Waals surface area contributed by atoms with Crippen LogP contribution in [0.2, 0.25) is 0 Å². The van der Waals surface area contributed by atoms with Crippen molar-refractivity contribution in [2.75, 3.05) is 40.7 Å². The van der Waals surface area contributed by atoms with Crippen molar-refractivity contribution in [3.8, 4) is 11.5 Å². The van der Waals surface area contributed by atoms with Crippen molar-refractivity contribution in [1.82, 2.24) is 0 Å². The van der Waals surface area contributed by atoms with E-state index in [1.54, 1.807) is 18.9 Å². The molecule has 8 heteroatoms. The summed E-state index contributed by atoms with van der Waals surface area (Å²) in [6.45, 7) is 4.33. The number of aryl methyl sites for hydroxylation is 2. The number of rotatable bonds is 11. The van der Waals surface area contributed by atoms with Gasteiger partial charge in [-0.1, -0.05) is 6.07 Å². The van der Waals surface area contributed by atoms with Crippen LogP contribution in [0.25, 0.3) is 0 Å². The van der Waals surface area contributed by atoms with Crippen molar-refractivity contribution in [2.24, 2.45) is 0 Å². The highest BCUT2D eigenvalue weighted by atomic mass is 32.2. The highest BCUT2D eigenvalue weighted by molar-refractivity contribution is 7.98. The van der Waals surface area contributed by atoms with Crippen LogP contribution in [0, 0.1) is 13.8 Å². The minimum atomic E-state index is -3.21. The minimum Gasteiger partial charge on any atom is -0.481 e. The Balaban J connectivity index is 2.18. The molecule has 0 aromatic heterocycles. The molecular weight excluding hydrogens is 411 g/mol. The Bertz CT molecular complexity index is 839. The van der Waals surface area contributed by atoms with E-state index in [0.717, 1.165) is 28.2 Å². The zero-order chi connectivity index (χ0) is 21.4. The number of hydrogen-bond donors (Lipinski definition) is 0. The van der Waals surface area contributed by atoms with E-state index in [2.05, 4.69) is 12.1 Å². The summed E-state index contributed by atoms with van der Waals surface area (Å²) >= 11 is 1.64. The van der Waals surface area contributed by atoms with Gasteiger partial charge in [0.25, 0.3) is 0 Å². The van der Waals surface area contributed by atoms with Crippen molar-refractivity contribution in [2.45, 2.75) is 25.2 Å². The molecule has 2 aromatic rings. The molecule has 0 amide bonds.